The van der Waals surface area contributed by atoms with Gasteiger partial charge in [0.05, 0.1) is 11.4 Å². The van der Waals surface area contributed by atoms with E-state index in [-0.39, 0.29) is 17.7 Å². The first-order chi connectivity index (χ1) is 7.94. The van der Waals surface area contributed by atoms with Crippen LogP contribution in [0.1, 0.15) is 31.9 Å². The zero-order valence-electron chi connectivity index (χ0n) is 9.93. The minimum absolute atomic E-state index is 0.0383. The van der Waals surface area contributed by atoms with Crippen molar-refractivity contribution >= 4 is 9.84 Å². The van der Waals surface area contributed by atoms with Gasteiger partial charge in [0.2, 0.25) is 0 Å². The molecule has 0 bridgehead atoms. The number of sulfone groups is 1. The molecular formula is C12H17FO3S. The van der Waals surface area contributed by atoms with Crippen LogP contribution in [0.15, 0.2) is 24.3 Å². The average molecular weight is 260 g/mol. The molecule has 2 atom stereocenters. The van der Waals surface area contributed by atoms with Gasteiger partial charge in [-0.25, -0.2) is 12.8 Å². The van der Waals surface area contributed by atoms with Crippen LogP contribution in [-0.4, -0.2) is 24.5 Å². The minimum atomic E-state index is -3.39. The minimum Gasteiger partial charge on any atom is -0.387 e. The van der Waals surface area contributed by atoms with Gasteiger partial charge in [-0.3, -0.25) is 0 Å². The van der Waals surface area contributed by atoms with Crippen LogP contribution in [0.3, 0.4) is 0 Å². The third-order valence-electron chi connectivity index (χ3n) is 2.84. The van der Waals surface area contributed by atoms with Crippen LogP contribution in [0.5, 0.6) is 0 Å². The van der Waals surface area contributed by atoms with Gasteiger partial charge in [-0.05, 0) is 12.5 Å². The summed E-state index contributed by atoms with van der Waals surface area (Å²) in [5.74, 6) is -0.637. The Kier molecular flexibility index (Phi) is 4.65. The smallest absolute Gasteiger partial charge is 0.155 e. The lowest BCUT2D eigenvalue weighted by molar-refractivity contribution is 0.164. The first kappa shape index (κ1) is 14.1. The number of hydrogen-bond acceptors (Lipinski definition) is 3. The predicted octanol–water partition coefficient (Wildman–Crippen LogP) is 2.07. The van der Waals surface area contributed by atoms with Crippen molar-refractivity contribution in [2.24, 2.45) is 0 Å². The molecule has 0 aliphatic carbocycles. The highest BCUT2D eigenvalue weighted by molar-refractivity contribution is 7.92. The first-order valence-electron chi connectivity index (χ1n) is 5.58. The van der Waals surface area contributed by atoms with E-state index in [9.17, 15) is 17.9 Å². The molecule has 96 valence electrons. The third-order valence-corrected chi connectivity index (χ3v) is 5.16. The van der Waals surface area contributed by atoms with Crippen LogP contribution < -0.4 is 0 Å². The summed E-state index contributed by atoms with van der Waals surface area (Å²) in [6.45, 7) is 3.19. The highest BCUT2D eigenvalue weighted by atomic mass is 32.2. The number of halogens is 1. The molecular weight excluding hydrogens is 243 g/mol. The molecule has 0 aromatic heterocycles. The highest BCUT2D eigenvalue weighted by Gasteiger charge is 2.31. The van der Waals surface area contributed by atoms with Gasteiger partial charge < -0.3 is 5.11 Å². The van der Waals surface area contributed by atoms with Crippen molar-refractivity contribution in [1.29, 1.82) is 0 Å². The van der Waals surface area contributed by atoms with Crippen LogP contribution in [0.2, 0.25) is 0 Å². The van der Waals surface area contributed by atoms with Crippen LogP contribution in [0.25, 0.3) is 0 Å². The van der Waals surface area contributed by atoms with Crippen molar-refractivity contribution in [2.45, 2.75) is 31.6 Å². The molecule has 1 aromatic carbocycles. The van der Waals surface area contributed by atoms with Crippen molar-refractivity contribution in [3.8, 4) is 0 Å². The third kappa shape index (κ3) is 3.04. The van der Waals surface area contributed by atoms with E-state index in [0.717, 1.165) is 0 Å². The summed E-state index contributed by atoms with van der Waals surface area (Å²) < 4.78 is 37.0. The van der Waals surface area contributed by atoms with Crippen molar-refractivity contribution in [3.63, 3.8) is 0 Å². The zero-order valence-corrected chi connectivity index (χ0v) is 10.7. The van der Waals surface area contributed by atoms with Gasteiger partial charge in [0.15, 0.2) is 9.84 Å². The fourth-order valence-corrected chi connectivity index (χ4v) is 3.28. The SMILES string of the molecule is CC[C@H]([C@@H](O)c1ccccc1F)S(=O)(=O)CC. The second-order valence-electron chi connectivity index (χ2n) is 3.86. The average Bonchev–Trinajstić information content (AvgIpc) is 2.30. The fraction of sp³-hybridized carbons (Fsp3) is 0.500. The van der Waals surface area contributed by atoms with E-state index < -0.39 is 27.0 Å². The molecule has 0 radical (unpaired) electrons. The molecule has 0 fully saturated rings. The summed E-state index contributed by atoms with van der Waals surface area (Å²) >= 11 is 0. The Morgan fingerprint density at radius 3 is 2.35 bits per heavy atom. The molecule has 0 aliphatic rings. The molecule has 17 heavy (non-hydrogen) atoms. The summed E-state index contributed by atoms with van der Waals surface area (Å²) in [5, 5.41) is 9.05. The zero-order chi connectivity index (χ0) is 13.1. The normalized spacial score (nSPS) is 15.5. The lowest BCUT2D eigenvalue weighted by atomic mass is 10.0. The predicted molar refractivity (Wildman–Crippen MR) is 64.9 cm³/mol. The number of aliphatic hydroxyl groups is 1. The van der Waals surface area contributed by atoms with E-state index in [0.29, 0.717) is 0 Å². The van der Waals surface area contributed by atoms with E-state index in [4.69, 9.17) is 0 Å². The van der Waals surface area contributed by atoms with Gasteiger partial charge >= 0.3 is 0 Å². The van der Waals surface area contributed by atoms with Crippen LogP contribution >= 0.6 is 0 Å². The van der Waals surface area contributed by atoms with Gasteiger partial charge in [-0.1, -0.05) is 32.0 Å². The van der Waals surface area contributed by atoms with Crippen LogP contribution in [0.4, 0.5) is 4.39 Å². The monoisotopic (exact) mass is 260 g/mol. The summed E-state index contributed by atoms with van der Waals surface area (Å²) in [7, 11) is -3.39. The molecule has 0 saturated carbocycles. The quantitative estimate of drug-likeness (QED) is 0.881. The van der Waals surface area contributed by atoms with Crippen molar-refractivity contribution in [3.05, 3.63) is 35.6 Å². The molecule has 0 saturated heterocycles. The lowest BCUT2D eigenvalue weighted by Crippen LogP contribution is -2.29. The van der Waals surface area contributed by atoms with Gasteiger partial charge in [-0.15, -0.1) is 0 Å². The van der Waals surface area contributed by atoms with Crippen molar-refractivity contribution < 1.29 is 17.9 Å². The molecule has 0 unspecified atom stereocenters. The maximum atomic E-state index is 13.5. The molecule has 1 N–H and O–H groups in total. The molecule has 0 amide bonds. The summed E-state index contributed by atoms with van der Waals surface area (Å²) in [6, 6.07) is 5.70. The van der Waals surface area contributed by atoms with Crippen LogP contribution in [0, 0.1) is 5.82 Å². The molecule has 3 nitrogen and oxygen atoms in total. The Hall–Kier alpha value is -0.940. The molecule has 0 aliphatic heterocycles. The van der Waals surface area contributed by atoms with E-state index in [1.807, 2.05) is 0 Å². The van der Waals surface area contributed by atoms with E-state index in [2.05, 4.69) is 0 Å². The lowest BCUT2D eigenvalue weighted by Gasteiger charge is -2.21. The van der Waals surface area contributed by atoms with Gasteiger partial charge in [0, 0.05) is 11.3 Å². The molecule has 5 heteroatoms. The highest BCUT2D eigenvalue weighted by Crippen LogP contribution is 2.26. The summed E-state index contributed by atoms with van der Waals surface area (Å²) in [4.78, 5) is 0. The second kappa shape index (κ2) is 5.60. The largest absolute Gasteiger partial charge is 0.387 e. The van der Waals surface area contributed by atoms with E-state index >= 15 is 0 Å². The number of rotatable bonds is 5. The maximum Gasteiger partial charge on any atom is 0.155 e. The molecule has 1 rings (SSSR count). The first-order valence-corrected chi connectivity index (χ1v) is 7.29. The Bertz CT molecular complexity index is 470. The Labute approximate surface area is 101 Å². The molecule has 1 aromatic rings. The summed E-state index contributed by atoms with van der Waals surface area (Å²) in [5.41, 5.74) is 0.0383. The number of aliphatic hydroxyl groups excluding tert-OH is 1. The number of hydrogen-bond donors (Lipinski definition) is 1. The molecule has 0 spiro atoms. The maximum absolute atomic E-state index is 13.5. The van der Waals surface area contributed by atoms with Gasteiger partial charge in [-0.2, -0.15) is 0 Å². The molecule has 0 heterocycles. The number of benzene rings is 1. The second-order valence-corrected chi connectivity index (χ2v) is 6.37. The van der Waals surface area contributed by atoms with Gasteiger partial charge in [0.25, 0.3) is 0 Å². The van der Waals surface area contributed by atoms with Gasteiger partial charge in [0.1, 0.15) is 5.82 Å². The standard InChI is InChI=1S/C12H17FO3S/c1-3-11(17(15,16)4-2)12(14)9-7-5-6-8-10(9)13/h5-8,11-12,14H,3-4H2,1-2H3/t11-,12+/m1/s1. The summed E-state index contributed by atoms with van der Waals surface area (Å²) in [6.07, 6.45) is -1.06. The van der Waals surface area contributed by atoms with Crippen molar-refractivity contribution in [1.82, 2.24) is 0 Å². The van der Waals surface area contributed by atoms with Crippen molar-refractivity contribution in [2.75, 3.05) is 5.75 Å². The van der Waals surface area contributed by atoms with E-state index in [1.54, 1.807) is 13.0 Å². The Morgan fingerprint density at radius 2 is 1.88 bits per heavy atom. The topological polar surface area (TPSA) is 54.4 Å². The van der Waals surface area contributed by atoms with Crippen LogP contribution in [-0.2, 0) is 9.84 Å². The Morgan fingerprint density at radius 1 is 1.29 bits per heavy atom. The fourth-order valence-electron chi connectivity index (χ4n) is 1.80. The van der Waals surface area contributed by atoms with E-state index in [1.165, 1.54) is 25.1 Å². The Balaban J connectivity index is 3.11.